The normalized spacial score (nSPS) is 14.3. The van der Waals surface area contributed by atoms with Gasteiger partial charge in [-0.3, -0.25) is 0 Å². The molecule has 2 rings (SSSR count). The molecule has 0 aromatic heterocycles. The van der Waals surface area contributed by atoms with E-state index in [1.54, 1.807) is 24.3 Å². The van der Waals surface area contributed by atoms with Crippen molar-refractivity contribution in [2.24, 2.45) is 0 Å². The molecule has 18 heavy (non-hydrogen) atoms. The topological polar surface area (TPSA) is 44.8 Å². The van der Waals surface area contributed by atoms with Crippen molar-refractivity contribution in [1.29, 1.82) is 0 Å². The predicted molar refractivity (Wildman–Crippen MR) is 67.1 cm³/mol. The van der Waals surface area contributed by atoms with E-state index in [1.165, 1.54) is 0 Å². The summed E-state index contributed by atoms with van der Waals surface area (Å²) in [7, 11) is 0. The van der Waals surface area contributed by atoms with Crippen LogP contribution in [0.3, 0.4) is 0 Å². The van der Waals surface area contributed by atoms with E-state index in [0.717, 1.165) is 6.42 Å². The van der Waals surface area contributed by atoms with Crippen molar-refractivity contribution < 1.29 is 19.0 Å². The van der Waals surface area contributed by atoms with E-state index in [0.29, 0.717) is 30.3 Å². The minimum atomic E-state index is -0.358. The van der Waals surface area contributed by atoms with E-state index in [2.05, 4.69) is 0 Å². The van der Waals surface area contributed by atoms with Gasteiger partial charge in [0.15, 0.2) is 11.5 Å². The van der Waals surface area contributed by atoms with Crippen LogP contribution in [0.5, 0.6) is 11.5 Å². The SMILES string of the molecule is C/C=C/COC(=O)c1ccc2c(c1)OCCCO2. The third-order valence-electron chi connectivity index (χ3n) is 2.53. The zero-order valence-electron chi connectivity index (χ0n) is 10.3. The van der Waals surface area contributed by atoms with E-state index in [-0.39, 0.29) is 12.6 Å². The van der Waals surface area contributed by atoms with Crippen molar-refractivity contribution in [1.82, 2.24) is 0 Å². The summed E-state index contributed by atoms with van der Waals surface area (Å²) in [6.45, 7) is 3.40. The Morgan fingerprint density at radius 1 is 1.33 bits per heavy atom. The van der Waals surface area contributed by atoms with Crippen LogP contribution in [0, 0.1) is 0 Å². The smallest absolute Gasteiger partial charge is 0.338 e. The first kappa shape index (κ1) is 12.5. The fourth-order valence-corrected chi connectivity index (χ4v) is 1.59. The maximum atomic E-state index is 11.7. The first-order valence-corrected chi connectivity index (χ1v) is 5.99. The zero-order valence-corrected chi connectivity index (χ0v) is 10.3. The molecule has 0 aliphatic carbocycles. The number of rotatable bonds is 3. The van der Waals surface area contributed by atoms with Gasteiger partial charge in [0, 0.05) is 6.42 Å². The lowest BCUT2D eigenvalue weighted by Gasteiger charge is -2.08. The fraction of sp³-hybridized carbons (Fsp3) is 0.357. The number of carbonyl (C=O) groups is 1. The van der Waals surface area contributed by atoms with Crippen LogP contribution in [0.4, 0.5) is 0 Å². The maximum absolute atomic E-state index is 11.7. The molecule has 1 aromatic carbocycles. The molecule has 0 atom stereocenters. The molecule has 0 fully saturated rings. The van der Waals surface area contributed by atoms with Gasteiger partial charge in [0.25, 0.3) is 0 Å². The first-order valence-electron chi connectivity index (χ1n) is 5.99. The zero-order chi connectivity index (χ0) is 12.8. The van der Waals surface area contributed by atoms with Crippen molar-refractivity contribution in [3.63, 3.8) is 0 Å². The van der Waals surface area contributed by atoms with Crippen molar-refractivity contribution in [3.05, 3.63) is 35.9 Å². The highest BCUT2D eigenvalue weighted by molar-refractivity contribution is 5.90. The van der Waals surface area contributed by atoms with Crippen LogP contribution >= 0.6 is 0 Å². The Morgan fingerprint density at radius 3 is 2.89 bits per heavy atom. The van der Waals surface area contributed by atoms with Gasteiger partial charge in [0.2, 0.25) is 0 Å². The number of benzene rings is 1. The van der Waals surface area contributed by atoms with Crippen LogP contribution < -0.4 is 9.47 Å². The Hall–Kier alpha value is -1.97. The largest absolute Gasteiger partial charge is 0.490 e. The van der Waals surface area contributed by atoms with Crippen molar-refractivity contribution in [2.75, 3.05) is 19.8 Å². The molecular formula is C14H16O4. The lowest BCUT2D eigenvalue weighted by atomic mass is 10.2. The molecule has 0 N–H and O–H groups in total. The molecule has 1 aromatic rings. The molecule has 1 heterocycles. The third-order valence-corrected chi connectivity index (χ3v) is 2.53. The summed E-state index contributed by atoms with van der Waals surface area (Å²) in [4.78, 5) is 11.7. The summed E-state index contributed by atoms with van der Waals surface area (Å²) in [6, 6.07) is 5.09. The Bertz CT molecular complexity index is 451. The molecule has 1 aliphatic heterocycles. The Labute approximate surface area is 106 Å². The van der Waals surface area contributed by atoms with E-state index < -0.39 is 0 Å². The van der Waals surface area contributed by atoms with Gasteiger partial charge >= 0.3 is 5.97 Å². The van der Waals surface area contributed by atoms with Crippen LogP contribution in [0.15, 0.2) is 30.4 Å². The van der Waals surface area contributed by atoms with Gasteiger partial charge in [-0.1, -0.05) is 12.2 Å². The molecule has 0 unspecified atom stereocenters. The molecule has 0 bridgehead atoms. The highest BCUT2D eigenvalue weighted by atomic mass is 16.5. The molecule has 4 nitrogen and oxygen atoms in total. The highest BCUT2D eigenvalue weighted by Gasteiger charge is 2.14. The maximum Gasteiger partial charge on any atom is 0.338 e. The van der Waals surface area contributed by atoms with Gasteiger partial charge in [-0.25, -0.2) is 4.79 Å². The first-order chi connectivity index (χ1) is 8.81. The van der Waals surface area contributed by atoms with E-state index in [4.69, 9.17) is 14.2 Å². The number of fused-ring (bicyclic) bond motifs is 1. The number of allylic oxidation sites excluding steroid dienone is 1. The molecule has 0 saturated heterocycles. The van der Waals surface area contributed by atoms with Gasteiger partial charge in [-0.15, -0.1) is 0 Å². The predicted octanol–water partition coefficient (Wildman–Crippen LogP) is 2.58. The average Bonchev–Trinajstić information content (AvgIpc) is 2.63. The number of hydrogen-bond donors (Lipinski definition) is 0. The van der Waals surface area contributed by atoms with Crippen LogP contribution in [-0.4, -0.2) is 25.8 Å². The van der Waals surface area contributed by atoms with E-state index >= 15 is 0 Å². The second kappa shape index (κ2) is 6.10. The fourth-order valence-electron chi connectivity index (χ4n) is 1.59. The summed E-state index contributed by atoms with van der Waals surface area (Å²) in [5.41, 5.74) is 0.476. The Balaban J connectivity index is 2.10. The van der Waals surface area contributed by atoms with Crippen molar-refractivity contribution >= 4 is 5.97 Å². The standard InChI is InChI=1S/C14H16O4/c1-2-3-7-18-14(15)11-5-6-12-13(10-11)17-9-4-8-16-12/h2-3,5-6,10H,4,7-9H2,1H3/b3-2+. The van der Waals surface area contributed by atoms with Crippen LogP contribution in [-0.2, 0) is 4.74 Å². The van der Waals surface area contributed by atoms with E-state index in [9.17, 15) is 4.79 Å². The molecule has 0 radical (unpaired) electrons. The number of hydrogen-bond acceptors (Lipinski definition) is 4. The lowest BCUT2D eigenvalue weighted by Crippen LogP contribution is -2.05. The monoisotopic (exact) mass is 248 g/mol. The molecular weight excluding hydrogens is 232 g/mol. The third kappa shape index (κ3) is 3.03. The van der Waals surface area contributed by atoms with Crippen LogP contribution in [0.1, 0.15) is 23.7 Å². The number of esters is 1. The molecule has 0 spiro atoms. The van der Waals surface area contributed by atoms with Crippen LogP contribution in [0.25, 0.3) is 0 Å². The molecule has 4 heteroatoms. The van der Waals surface area contributed by atoms with Gasteiger partial charge in [-0.2, -0.15) is 0 Å². The molecule has 96 valence electrons. The summed E-state index contributed by atoms with van der Waals surface area (Å²) in [5, 5.41) is 0. The van der Waals surface area contributed by atoms with Gasteiger partial charge in [0.05, 0.1) is 18.8 Å². The second-order valence-electron chi connectivity index (χ2n) is 3.88. The summed E-state index contributed by atoms with van der Waals surface area (Å²) >= 11 is 0. The average molecular weight is 248 g/mol. The molecule has 1 aliphatic rings. The van der Waals surface area contributed by atoms with Gasteiger partial charge in [0.1, 0.15) is 6.61 Å². The van der Waals surface area contributed by atoms with Gasteiger partial charge in [-0.05, 0) is 25.1 Å². The van der Waals surface area contributed by atoms with Crippen molar-refractivity contribution in [2.45, 2.75) is 13.3 Å². The van der Waals surface area contributed by atoms with Crippen molar-refractivity contribution in [3.8, 4) is 11.5 Å². The van der Waals surface area contributed by atoms with E-state index in [1.807, 2.05) is 13.0 Å². The minimum absolute atomic E-state index is 0.282. The number of carbonyl (C=O) groups excluding carboxylic acids is 1. The Kier molecular flexibility index (Phi) is 4.23. The molecule has 0 amide bonds. The second-order valence-corrected chi connectivity index (χ2v) is 3.88. The highest BCUT2D eigenvalue weighted by Crippen LogP contribution is 2.30. The quantitative estimate of drug-likeness (QED) is 0.609. The minimum Gasteiger partial charge on any atom is -0.490 e. The molecule has 0 saturated carbocycles. The van der Waals surface area contributed by atoms with Crippen LogP contribution in [0.2, 0.25) is 0 Å². The summed E-state index contributed by atoms with van der Waals surface area (Å²) < 4.78 is 16.1. The summed E-state index contributed by atoms with van der Waals surface area (Å²) in [5.74, 6) is 0.925. The Morgan fingerprint density at radius 2 is 2.11 bits per heavy atom. The van der Waals surface area contributed by atoms with Gasteiger partial charge < -0.3 is 14.2 Å². The lowest BCUT2D eigenvalue weighted by molar-refractivity contribution is 0.0549. The number of ether oxygens (including phenoxy) is 3. The summed E-state index contributed by atoms with van der Waals surface area (Å²) in [6.07, 6.45) is 4.46.